The molecule has 1 aromatic carbocycles. The van der Waals surface area contributed by atoms with Crippen molar-refractivity contribution >= 4 is 33.1 Å². The Morgan fingerprint density at radius 3 is 2.89 bits per heavy atom. The Morgan fingerprint density at radius 1 is 1.26 bits per heavy atom. The average Bonchev–Trinajstić information content (AvgIpc) is 2.77. The van der Waals surface area contributed by atoms with Crippen LogP contribution in [-0.4, -0.2) is 15.8 Å². The molecule has 0 amide bonds. The summed E-state index contributed by atoms with van der Waals surface area (Å²) in [4.78, 5) is 15.5. The smallest absolute Gasteiger partial charge is 0.152 e. The van der Waals surface area contributed by atoms with Gasteiger partial charge in [0.25, 0.3) is 0 Å². The molecule has 2 aromatic heterocycles. The van der Waals surface area contributed by atoms with E-state index >= 15 is 0 Å². The predicted molar refractivity (Wildman–Crippen MR) is 78.4 cm³/mol. The lowest BCUT2D eigenvalue weighted by molar-refractivity contribution is 0.112. The third-order valence-corrected chi connectivity index (χ3v) is 3.55. The van der Waals surface area contributed by atoms with Gasteiger partial charge in [0.1, 0.15) is 0 Å². The predicted octanol–water partition coefficient (Wildman–Crippen LogP) is 3.66. The van der Waals surface area contributed by atoms with E-state index < -0.39 is 0 Å². The van der Waals surface area contributed by atoms with E-state index in [0.29, 0.717) is 12.1 Å². The van der Waals surface area contributed by atoms with Crippen molar-refractivity contribution in [1.82, 2.24) is 9.55 Å². The van der Waals surface area contributed by atoms with Crippen LogP contribution in [0.25, 0.3) is 10.9 Å². The number of benzene rings is 1. The van der Waals surface area contributed by atoms with Crippen molar-refractivity contribution in [2.75, 3.05) is 0 Å². The van der Waals surface area contributed by atoms with E-state index in [1.54, 1.807) is 6.20 Å². The Morgan fingerprint density at radius 2 is 2.16 bits per heavy atom. The van der Waals surface area contributed by atoms with Crippen molar-refractivity contribution in [2.45, 2.75) is 6.54 Å². The lowest BCUT2D eigenvalue weighted by atomic mass is 10.2. The molecule has 3 nitrogen and oxygen atoms in total. The maximum Gasteiger partial charge on any atom is 0.152 e. The molecule has 3 aromatic rings. The fourth-order valence-corrected chi connectivity index (χ4v) is 2.55. The van der Waals surface area contributed by atoms with Crippen molar-refractivity contribution in [2.24, 2.45) is 0 Å². The quantitative estimate of drug-likeness (QED) is 0.691. The first-order valence-corrected chi connectivity index (χ1v) is 6.71. The summed E-state index contributed by atoms with van der Waals surface area (Å²) in [5, 5.41) is 0.959. The van der Waals surface area contributed by atoms with Gasteiger partial charge in [-0.3, -0.25) is 9.78 Å². The second-order valence-electron chi connectivity index (χ2n) is 4.31. The zero-order chi connectivity index (χ0) is 13.2. The van der Waals surface area contributed by atoms with E-state index in [4.69, 9.17) is 0 Å². The van der Waals surface area contributed by atoms with Gasteiger partial charge in [0, 0.05) is 33.3 Å². The van der Waals surface area contributed by atoms with Gasteiger partial charge in [0.2, 0.25) is 0 Å². The number of halogens is 1. The molecule has 0 unspecified atom stereocenters. The first-order chi connectivity index (χ1) is 9.28. The van der Waals surface area contributed by atoms with Crippen molar-refractivity contribution in [3.05, 3.63) is 64.5 Å². The van der Waals surface area contributed by atoms with Gasteiger partial charge < -0.3 is 4.57 Å². The van der Waals surface area contributed by atoms with Gasteiger partial charge >= 0.3 is 0 Å². The van der Waals surface area contributed by atoms with E-state index in [1.165, 1.54) is 0 Å². The van der Waals surface area contributed by atoms with Gasteiger partial charge in [-0.1, -0.05) is 22.0 Å². The molecule has 94 valence electrons. The SMILES string of the molecule is O=Cc1cn(Cc2ccccn2)c2ccc(Br)cc12. The fraction of sp³-hybridized carbons (Fsp3) is 0.0667. The number of fused-ring (bicyclic) bond motifs is 1. The highest BCUT2D eigenvalue weighted by atomic mass is 79.9. The number of nitrogens with zero attached hydrogens (tertiary/aromatic N) is 2. The van der Waals surface area contributed by atoms with Gasteiger partial charge in [0.15, 0.2) is 6.29 Å². The van der Waals surface area contributed by atoms with Gasteiger partial charge in [-0.15, -0.1) is 0 Å². The Balaban J connectivity index is 2.11. The number of pyridine rings is 1. The number of hydrogen-bond donors (Lipinski definition) is 0. The standard InChI is InChI=1S/C15H11BrN2O/c16-12-4-5-15-14(7-12)11(10-19)8-18(15)9-13-3-1-2-6-17-13/h1-8,10H,9H2. The summed E-state index contributed by atoms with van der Waals surface area (Å²) in [6.45, 7) is 0.660. The minimum Gasteiger partial charge on any atom is -0.341 e. The minimum absolute atomic E-state index is 0.660. The fourth-order valence-electron chi connectivity index (χ4n) is 2.19. The van der Waals surface area contributed by atoms with Crippen LogP contribution in [0.5, 0.6) is 0 Å². The maximum absolute atomic E-state index is 11.2. The maximum atomic E-state index is 11.2. The van der Waals surface area contributed by atoms with Crippen molar-refractivity contribution < 1.29 is 4.79 Å². The lowest BCUT2D eigenvalue weighted by Gasteiger charge is -2.04. The molecule has 4 heteroatoms. The van der Waals surface area contributed by atoms with Crippen LogP contribution in [0.1, 0.15) is 16.1 Å². The molecule has 0 atom stereocenters. The Hall–Kier alpha value is -1.94. The van der Waals surface area contributed by atoms with E-state index in [1.807, 2.05) is 47.2 Å². The van der Waals surface area contributed by atoms with Gasteiger partial charge in [-0.05, 0) is 30.3 Å². The largest absolute Gasteiger partial charge is 0.341 e. The van der Waals surface area contributed by atoms with E-state index in [9.17, 15) is 4.79 Å². The average molecular weight is 315 g/mol. The number of aldehydes is 1. The molecule has 19 heavy (non-hydrogen) atoms. The molecule has 0 saturated heterocycles. The summed E-state index contributed by atoms with van der Waals surface area (Å²) in [7, 11) is 0. The van der Waals surface area contributed by atoms with Crippen molar-refractivity contribution in [1.29, 1.82) is 0 Å². The molecule has 0 aliphatic heterocycles. The topological polar surface area (TPSA) is 34.9 Å². The summed E-state index contributed by atoms with van der Waals surface area (Å²) >= 11 is 3.43. The summed E-state index contributed by atoms with van der Waals surface area (Å²) in [6.07, 6.45) is 4.54. The molecule has 0 saturated carbocycles. The molecule has 0 spiro atoms. The molecule has 0 fully saturated rings. The minimum atomic E-state index is 0.660. The zero-order valence-electron chi connectivity index (χ0n) is 10.1. The first-order valence-electron chi connectivity index (χ1n) is 5.91. The normalized spacial score (nSPS) is 10.8. The number of carbonyl (C=O) groups is 1. The number of rotatable bonds is 3. The summed E-state index contributed by atoms with van der Waals surface area (Å²) < 4.78 is 3.02. The van der Waals surface area contributed by atoms with Gasteiger partial charge in [-0.25, -0.2) is 0 Å². The summed E-state index contributed by atoms with van der Waals surface area (Å²) in [5.74, 6) is 0. The molecule has 0 bridgehead atoms. The van der Waals surface area contributed by atoms with Crippen LogP contribution < -0.4 is 0 Å². The van der Waals surface area contributed by atoms with E-state index in [0.717, 1.165) is 27.4 Å². The monoisotopic (exact) mass is 314 g/mol. The molecular formula is C15H11BrN2O. The number of aromatic nitrogens is 2. The Bertz CT molecular complexity index is 734. The second-order valence-corrected chi connectivity index (χ2v) is 5.23. The van der Waals surface area contributed by atoms with Crippen molar-refractivity contribution in [3.63, 3.8) is 0 Å². The third-order valence-electron chi connectivity index (χ3n) is 3.06. The van der Waals surface area contributed by atoms with Crippen LogP contribution in [0.3, 0.4) is 0 Å². The Kier molecular flexibility index (Phi) is 3.17. The van der Waals surface area contributed by atoms with Crippen LogP contribution in [0.2, 0.25) is 0 Å². The van der Waals surface area contributed by atoms with Crippen LogP contribution in [0.15, 0.2) is 53.3 Å². The van der Waals surface area contributed by atoms with Crippen LogP contribution in [0, 0.1) is 0 Å². The second kappa shape index (κ2) is 4.97. The van der Waals surface area contributed by atoms with E-state index in [2.05, 4.69) is 20.9 Å². The Labute approximate surface area is 119 Å². The zero-order valence-corrected chi connectivity index (χ0v) is 11.7. The molecule has 0 aliphatic rings. The highest BCUT2D eigenvalue weighted by molar-refractivity contribution is 9.10. The third kappa shape index (κ3) is 2.31. The first kappa shape index (κ1) is 12.1. The molecule has 3 rings (SSSR count). The van der Waals surface area contributed by atoms with Gasteiger partial charge in [-0.2, -0.15) is 0 Å². The molecule has 0 radical (unpaired) electrons. The van der Waals surface area contributed by atoms with Crippen LogP contribution in [-0.2, 0) is 6.54 Å². The molecule has 2 heterocycles. The highest BCUT2D eigenvalue weighted by Crippen LogP contribution is 2.24. The van der Waals surface area contributed by atoms with Crippen LogP contribution in [0.4, 0.5) is 0 Å². The highest BCUT2D eigenvalue weighted by Gasteiger charge is 2.09. The molecular weight excluding hydrogens is 304 g/mol. The lowest BCUT2D eigenvalue weighted by Crippen LogP contribution is -1.99. The van der Waals surface area contributed by atoms with E-state index in [-0.39, 0.29) is 0 Å². The van der Waals surface area contributed by atoms with Gasteiger partial charge in [0.05, 0.1) is 12.2 Å². The van der Waals surface area contributed by atoms with Crippen molar-refractivity contribution in [3.8, 4) is 0 Å². The number of carbonyl (C=O) groups excluding carboxylic acids is 1. The summed E-state index contributed by atoms with van der Waals surface area (Å²) in [6, 6.07) is 11.8. The molecule has 0 N–H and O–H groups in total. The number of hydrogen-bond acceptors (Lipinski definition) is 2. The summed E-state index contributed by atoms with van der Waals surface area (Å²) in [5.41, 5.74) is 2.71. The van der Waals surface area contributed by atoms with Crippen LogP contribution >= 0.6 is 15.9 Å². The molecule has 0 aliphatic carbocycles.